The summed E-state index contributed by atoms with van der Waals surface area (Å²) < 4.78 is 1.99. The molecule has 2 heterocycles. The molecule has 126 valence electrons. The topological polar surface area (TPSA) is 63.1 Å². The zero-order valence-corrected chi connectivity index (χ0v) is 14.2. The first-order valence-electron chi connectivity index (χ1n) is 9.12. The number of hydrogen-bond acceptors (Lipinski definition) is 4. The molecule has 0 aromatic carbocycles. The molecule has 1 N–H and O–H groups in total. The van der Waals surface area contributed by atoms with Gasteiger partial charge in [-0.25, -0.2) is 4.68 Å². The molecule has 2 aliphatic carbocycles. The van der Waals surface area contributed by atoms with Gasteiger partial charge in [-0.15, -0.1) is 5.10 Å². The van der Waals surface area contributed by atoms with Gasteiger partial charge in [0.25, 0.3) is 5.91 Å². The molecule has 0 bridgehead atoms. The molecule has 1 saturated heterocycles. The van der Waals surface area contributed by atoms with Crippen LogP contribution < -0.4 is 5.32 Å². The second kappa shape index (κ2) is 5.89. The highest BCUT2D eigenvalue weighted by molar-refractivity contribution is 5.94. The van der Waals surface area contributed by atoms with Crippen molar-refractivity contribution in [2.45, 2.75) is 70.5 Å². The molecule has 1 amide bonds. The van der Waals surface area contributed by atoms with Crippen molar-refractivity contribution in [2.24, 2.45) is 5.92 Å². The first kappa shape index (κ1) is 15.1. The Morgan fingerprint density at radius 2 is 1.91 bits per heavy atom. The predicted octanol–water partition coefficient (Wildman–Crippen LogP) is 1.91. The number of carbonyl (C=O) groups is 1. The van der Waals surface area contributed by atoms with E-state index in [9.17, 15) is 4.79 Å². The van der Waals surface area contributed by atoms with Gasteiger partial charge in [-0.3, -0.25) is 4.79 Å². The molecule has 0 radical (unpaired) electrons. The maximum absolute atomic E-state index is 13.1. The van der Waals surface area contributed by atoms with Crippen molar-refractivity contribution >= 4 is 5.91 Å². The van der Waals surface area contributed by atoms with E-state index in [1.54, 1.807) is 0 Å². The van der Waals surface area contributed by atoms with Gasteiger partial charge >= 0.3 is 0 Å². The summed E-state index contributed by atoms with van der Waals surface area (Å²) in [5.41, 5.74) is 1.51. The molecule has 3 fully saturated rings. The van der Waals surface area contributed by atoms with Crippen molar-refractivity contribution in [3.63, 3.8) is 0 Å². The molecule has 1 aromatic heterocycles. The highest BCUT2D eigenvalue weighted by atomic mass is 16.2. The third kappa shape index (κ3) is 2.89. The van der Waals surface area contributed by atoms with Crippen LogP contribution in [0.4, 0.5) is 0 Å². The van der Waals surface area contributed by atoms with Gasteiger partial charge in [-0.1, -0.05) is 5.21 Å². The monoisotopic (exact) mass is 317 g/mol. The fraction of sp³-hybridized carbons (Fsp3) is 0.824. The van der Waals surface area contributed by atoms with E-state index < -0.39 is 0 Å². The number of nitrogens with zero attached hydrogens (tertiary/aromatic N) is 4. The fourth-order valence-corrected chi connectivity index (χ4v) is 3.90. The van der Waals surface area contributed by atoms with E-state index in [2.05, 4.69) is 27.5 Å². The second-order valence-corrected chi connectivity index (χ2v) is 7.47. The lowest BCUT2D eigenvalue weighted by molar-refractivity contribution is 0.0647. The number of nitrogens with one attached hydrogen (secondary N) is 1. The van der Waals surface area contributed by atoms with E-state index in [4.69, 9.17) is 0 Å². The van der Waals surface area contributed by atoms with Crippen LogP contribution in [0.15, 0.2) is 0 Å². The summed E-state index contributed by atoms with van der Waals surface area (Å²) in [6.45, 7) is 6.24. The predicted molar refractivity (Wildman–Crippen MR) is 87.3 cm³/mol. The van der Waals surface area contributed by atoms with Crippen LogP contribution in [-0.2, 0) is 0 Å². The Hall–Kier alpha value is -1.43. The summed E-state index contributed by atoms with van der Waals surface area (Å²) in [4.78, 5) is 15.2. The summed E-state index contributed by atoms with van der Waals surface area (Å²) >= 11 is 0. The molecule has 3 aliphatic rings. The molecule has 1 aromatic rings. The molecule has 6 nitrogen and oxygen atoms in total. The van der Waals surface area contributed by atoms with Crippen molar-refractivity contribution < 1.29 is 4.79 Å². The highest BCUT2D eigenvalue weighted by Gasteiger charge is 2.43. The van der Waals surface area contributed by atoms with Gasteiger partial charge in [0.05, 0.1) is 11.7 Å². The number of carbonyl (C=O) groups excluding carboxylic acids is 1. The standard InChI is InChI=1S/C17H27N5O/c1-11(13-3-4-13)21(14-5-6-14)17(23)16-12(2)22(20-19-16)15-7-9-18-10-8-15/h11,13-15,18H,3-10H2,1-2H3. The molecular formula is C17H27N5O. The minimum Gasteiger partial charge on any atom is -0.331 e. The minimum absolute atomic E-state index is 0.101. The van der Waals surface area contributed by atoms with E-state index in [1.807, 2.05) is 11.6 Å². The first-order chi connectivity index (χ1) is 11.2. The van der Waals surface area contributed by atoms with E-state index >= 15 is 0 Å². The smallest absolute Gasteiger partial charge is 0.276 e. The lowest BCUT2D eigenvalue weighted by atomic mass is 10.1. The fourth-order valence-electron chi connectivity index (χ4n) is 3.90. The third-order valence-electron chi connectivity index (χ3n) is 5.70. The van der Waals surface area contributed by atoms with Gasteiger partial charge < -0.3 is 10.2 Å². The molecule has 2 saturated carbocycles. The van der Waals surface area contributed by atoms with Crippen LogP contribution in [0.1, 0.15) is 67.7 Å². The summed E-state index contributed by atoms with van der Waals surface area (Å²) in [6.07, 6.45) is 6.93. The molecule has 23 heavy (non-hydrogen) atoms. The first-order valence-corrected chi connectivity index (χ1v) is 9.12. The van der Waals surface area contributed by atoms with Crippen LogP contribution in [0.5, 0.6) is 0 Å². The number of hydrogen-bond donors (Lipinski definition) is 1. The Kier molecular flexibility index (Phi) is 3.87. The lowest BCUT2D eigenvalue weighted by Crippen LogP contribution is -2.42. The lowest BCUT2D eigenvalue weighted by Gasteiger charge is -2.29. The molecule has 6 heteroatoms. The molecule has 1 atom stereocenters. The van der Waals surface area contributed by atoms with Gasteiger partial charge in [0.2, 0.25) is 0 Å². The zero-order chi connectivity index (χ0) is 16.0. The minimum atomic E-state index is 0.101. The average Bonchev–Trinajstić information content (AvgIpc) is 3.46. The van der Waals surface area contributed by atoms with Gasteiger partial charge in [-0.2, -0.15) is 0 Å². The van der Waals surface area contributed by atoms with Crippen LogP contribution >= 0.6 is 0 Å². The normalized spacial score (nSPS) is 23.7. The average molecular weight is 317 g/mol. The van der Waals surface area contributed by atoms with Crippen molar-refractivity contribution in [1.29, 1.82) is 0 Å². The van der Waals surface area contributed by atoms with E-state index in [0.29, 0.717) is 29.7 Å². The van der Waals surface area contributed by atoms with E-state index in [0.717, 1.165) is 44.5 Å². The number of rotatable bonds is 5. The van der Waals surface area contributed by atoms with Gasteiger partial charge in [-0.05, 0) is 71.4 Å². The van der Waals surface area contributed by atoms with E-state index in [-0.39, 0.29) is 5.91 Å². The summed E-state index contributed by atoms with van der Waals surface area (Å²) in [5.74, 6) is 0.795. The van der Waals surface area contributed by atoms with Crippen LogP contribution in [-0.4, -0.2) is 51.0 Å². The van der Waals surface area contributed by atoms with Gasteiger partial charge in [0.15, 0.2) is 5.69 Å². The quantitative estimate of drug-likeness (QED) is 0.901. The SMILES string of the molecule is Cc1c(C(=O)N(C2CC2)C(C)C2CC2)nnn1C1CCNCC1. The van der Waals surface area contributed by atoms with Crippen LogP contribution in [0.3, 0.4) is 0 Å². The van der Waals surface area contributed by atoms with Crippen molar-refractivity contribution in [1.82, 2.24) is 25.2 Å². The number of piperidine rings is 1. The summed E-state index contributed by atoms with van der Waals surface area (Å²) in [7, 11) is 0. The highest BCUT2D eigenvalue weighted by Crippen LogP contribution is 2.40. The Labute approximate surface area is 137 Å². The molecular weight excluding hydrogens is 290 g/mol. The molecule has 4 rings (SSSR count). The Morgan fingerprint density at radius 3 is 2.52 bits per heavy atom. The summed E-state index contributed by atoms with van der Waals surface area (Å²) in [6, 6.07) is 1.15. The number of amides is 1. The number of aromatic nitrogens is 3. The Bertz CT molecular complexity index is 584. The van der Waals surface area contributed by atoms with Crippen LogP contribution in [0.25, 0.3) is 0 Å². The Balaban J connectivity index is 1.56. The third-order valence-corrected chi connectivity index (χ3v) is 5.70. The zero-order valence-electron chi connectivity index (χ0n) is 14.2. The van der Waals surface area contributed by atoms with Crippen molar-refractivity contribution in [3.8, 4) is 0 Å². The van der Waals surface area contributed by atoms with Gasteiger partial charge in [0, 0.05) is 12.1 Å². The molecule has 0 spiro atoms. The van der Waals surface area contributed by atoms with Crippen LogP contribution in [0, 0.1) is 12.8 Å². The van der Waals surface area contributed by atoms with Crippen molar-refractivity contribution in [2.75, 3.05) is 13.1 Å². The largest absolute Gasteiger partial charge is 0.331 e. The summed E-state index contributed by atoms with van der Waals surface area (Å²) in [5, 5.41) is 12.0. The second-order valence-electron chi connectivity index (χ2n) is 7.47. The maximum Gasteiger partial charge on any atom is 0.276 e. The van der Waals surface area contributed by atoms with Crippen molar-refractivity contribution in [3.05, 3.63) is 11.4 Å². The molecule has 1 unspecified atom stereocenters. The van der Waals surface area contributed by atoms with E-state index in [1.165, 1.54) is 12.8 Å². The maximum atomic E-state index is 13.1. The molecule has 1 aliphatic heterocycles. The Morgan fingerprint density at radius 1 is 1.22 bits per heavy atom. The van der Waals surface area contributed by atoms with Crippen LogP contribution in [0.2, 0.25) is 0 Å². The van der Waals surface area contributed by atoms with Gasteiger partial charge in [0.1, 0.15) is 0 Å².